The van der Waals surface area contributed by atoms with Crippen molar-refractivity contribution >= 4 is 34.0 Å². The summed E-state index contributed by atoms with van der Waals surface area (Å²) in [4.78, 5) is 24.3. The van der Waals surface area contributed by atoms with Gasteiger partial charge in [-0.25, -0.2) is 9.37 Å². The Bertz CT molecular complexity index is 1450. The van der Waals surface area contributed by atoms with E-state index in [0.717, 1.165) is 48.4 Å². The number of piperidine rings is 1. The molecule has 3 aromatic heterocycles. The zero-order valence-electron chi connectivity index (χ0n) is 20.2. The number of imidazole rings is 1. The Morgan fingerprint density at radius 2 is 1.80 bits per heavy atom. The molecule has 0 spiro atoms. The molecule has 1 aliphatic heterocycles. The lowest BCUT2D eigenvalue weighted by atomic mass is 10.0. The van der Waals surface area contributed by atoms with Crippen molar-refractivity contribution in [1.82, 2.24) is 29.5 Å². The molecule has 1 saturated carbocycles. The number of carbonyl (C=O) groups excluding carboxylic acids is 1. The van der Waals surface area contributed by atoms with E-state index < -0.39 is 11.7 Å². The Morgan fingerprint density at radius 3 is 2.54 bits per heavy atom. The topological polar surface area (TPSA) is 92.4 Å². The second kappa shape index (κ2) is 8.30. The maximum Gasteiger partial charge on any atom is 0.262 e. The van der Waals surface area contributed by atoms with Crippen LogP contribution >= 0.6 is 0 Å². The van der Waals surface area contributed by atoms with Crippen molar-refractivity contribution in [3.8, 4) is 0 Å². The van der Waals surface area contributed by atoms with E-state index in [9.17, 15) is 4.79 Å². The zero-order valence-corrected chi connectivity index (χ0v) is 20.2. The molecule has 1 amide bonds. The van der Waals surface area contributed by atoms with Gasteiger partial charge in [-0.05, 0) is 45.6 Å². The Labute approximate surface area is 202 Å². The van der Waals surface area contributed by atoms with Gasteiger partial charge in [-0.1, -0.05) is 0 Å². The predicted octanol–water partition coefficient (Wildman–Crippen LogP) is 3.35. The van der Waals surface area contributed by atoms with Gasteiger partial charge in [0.05, 0.1) is 23.3 Å². The van der Waals surface area contributed by atoms with Crippen molar-refractivity contribution in [2.75, 3.05) is 23.3 Å². The highest BCUT2D eigenvalue weighted by atomic mass is 19.1. The molecular weight excluding hydrogens is 447 g/mol. The first kappa shape index (κ1) is 22.0. The second-order valence-corrected chi connectivity index (χ2v) is 9.80. The summed E-state index contributed by atoms with van der Waals surface area (Å²) in [5, 5.41) is 11.7. The quantitative estimate of drug-likeness (QED) is 0.459. The summed E-state index contributed by atoms with van der Waals surface area (Å²) in [7, 11) is 1.79. The Morgan fingerprint density at radius 1 is 1.06 bits per heavy atom. The number of nitrogens with one attached hydrogen (secondary N) is 2. The third-order valence-electron chi connectivity index (χ3n) is 6.92. The summed E-state index contributed by atoms with van der Waals surface area (Å²) in [6, 6.07) is 2.68. The van der Waals surface area contributed by atoms with Crippen LogP contribution in [0, 0.1) is 19.7 Å². The number of fused-ring (bicyclic) bond motifs is 2. The van der Waals surface area contributed by atoms with E-state index in [1.807, 2.05) is 30.6 Å². The average molecular weight is 477 g/mol. The van der Waals surface area contributed by atoms with Gasteiger partial charge in [-0.2, -0.15) is 5.10 Å². The van der Waals surface area contributed by atoms with Gasteiger partial charge in [0, 0.05) is 50.0 Å². The van der Waals surface area contributed by atoms with Crippen molar-refractivity contribution in [1.29, 1.82) is 0 Å². The normalized spacial score (nSPS) is 17.0. The Hall–Kier alpha value is -3.53. The van der Waals surface area contributed by atoms with Crippen LogP contribution in [0.3, 0.4) is 0 Å². The third kappa shape index (κ3) is 4.12. The molecular formula is C25H29FN8O. The molecule has 9 nitrogen and oxygen atoms in total. The number of aryl methyl sites for hydroxylation is 3. The van der Waals surface area contributed by atoms with Crippen LogP contribution in [0.15, 0.2) is 24.7 Å². The van der Waals surface area contributed by atoms with Gasteiger partial charge < -0.3 is 19.9 Å². The molecule has 2 aliphatic rings. The highest BCUT2D eigenvalue weighted by Crippen LogP contribution is 2.33. The second-order valence-electron chi connectivity index (χ2n) is 9.80. The maximum atomic E-state index is 15.5. The van der Waals surface area contributed by atoms with E-state index in [1.165, 1.54) is 18.9 Å². The molecule has 6 rings (SSSR count). The average Bonchev–Trinajstić information content (AvgIpc) is 3.39. The molecule has 35 heavy (non-hydrogen) atoms. The molecule has 182 valence electrons. The van der Waals surface area contributed by atoms with Crippen LogP contribution in [0.1, 0.15) is 47.4 Å². The minimum Gasteiger partial charge on any atom is -0.371 e. The van der Waals surface area contributed by atoms with Gasteiger partial charge in [0.15, 0.2) is 11.5 Å². The van der Waals surface area contributed by atoms with Crippen LogP contribution in [0.5, 0.6) is 0 Å². The fourth-order valence-corrected chi connectivity index (χ4v) is 5.14. The van der Waals surface area contributed by atoms with Crippen molar-refractivity contribution in [2.45, 2.75) is 51.6 Å². The van der Waals surface area contributed by atoms with Crippen LogP contribution in [-0.2, 0) is 7.05 Å². The molecule has 1 saturated heterocycles. The fraction of sp³-hybridized carbons (Fsp3) is 0.440. The van der Waals surface area contributed by atoms with Gasteiger partial charge >= 0.3 is 0 Å². The molecule has 1 aromatic carbocycles. The molecule has 10 heteroatoms. The summed E-state index contributed by atoms with van der Waals surface area (Å²) in [6.07, 6.45) is 9.98. The predicted molar refractivity (Wildman–Crippen MR) is 132 cm³/mol. The van der Waals surface area contributed by atoms with E-state index in [-0.39, 0.29) is 5.56 Å². The minimum atomic E-state index is -0.584. The standard InChI is InChI=1S/C25H29FN8O/c1-14-11-34-13-21(29-24(34)15(2)27-14)30-25(35)22-19(26)10-20(18-12-32(3)31-23(18)22)33-8-6-17(7-9-33)28-16-4-5-16/h10-13,16-17,28H,4-9H2,1-3H3,(H,30,35). The lowest BCUT2D eigenvalue weighted by Crippen LogP contribution is -2.43. The van der Waals surface area contributed by atoms with Gasteiger partial charge in [-0.15, -0.1) is 0 Å². The molecule has 2 fully saturated rings. The number of rotatable bonds is 5. The highest BCUT2D eigenvalue weighted by molar-refractivity contribution is 6.14. The van der Waals surface area contributed by atoms with E-state index in [2.05, 4.69) is 30.6 Å². The summed E-state index contributed by atoms with van der Waals surface area (Å²) in [5.74, 6) is -0.821. The number of nitrogens with zero attached hydrogens (tertiary/aromatic N) is 6. The van der Waals surface area contributed by atoms with Crippen LogP contribution in [0.2, 0.25) is 0 Å². The smallest absolute Gasteiger partial charge is 0.262 e. The van der Waals surface area contributed by atoms with Gasteiger partial charge in [0.25, 0.3) is 5.91 Å². The van der Waals surface area contributed by atoms with E-state index in [0.29, 0.717) is 29.1 Å². The summed E-state index contributed by atoms with van der Waals surface area (Å²) in [5.41, 5.74) is 3.31. The highest BCUT2D eigenvalue weighted by Gasteiger charge is 2.29. The van der Waals surface area contributed by atoms with E-state index in [1.54, 1.807) is 17.9 Å². The van der Waals surface area contributed by atoms with E-state index in [4.69, 9.17) is 0 Å². The van der Waals surface area contributed by atoms with Crippen molar-refractivity contribution in [3.05, 3.63) is 47.4 Å². The summed E-state index contributed by atoms with van der Waals surface area (Å²) in [6.45, 7) is 5.44. The number of benzene rings is 1. The number of carbonyl (C=O) groups is 1. The SMILES string of the molecule is Cc1cn2cc(NC(=O)c3c(F)cc(N4CCC(NC5CC5)CC4)c4cn(C)nc34)nc2c(C)n1. The fourth-order valence-electron chi connectivity index (χ4n) is 5.14. The summed E-state index contributed by atoms with van der Waals surface area (Å²) >= 11 is 0. The van der Waals surface area contributed by atoms with Gasteiger partial charge in [0.2, 0.25) is 0 Å². The lowest BCUT2D eigenvalue weighted by Gasteiger charge is -2.34. The number of aromatic nitrogens is 5. The van der Waals surface area contributed by atoms with Crippen molar-refractivity contribution in [3.63, 3.8) is 0 Å². The number of anilines is 2. The summed E-state index contributed by atoms with van der Waals surface area (Å²) < 4.78 is 18.9. The van der Waals surface area contributed by atoms with Crippen LogP contribution in [-0.4, -0.2) is 55.2 Å². The minimum absolute atomic E-state index is 0.0716. The molecule has 0 atom stereocenters. The van der Waals surface area contributed by atoms with Crippen molar-refractivity contribution in [2.24, 2.45) is 7.05 Å². The van der Waals surface area contributed by atoms with Crippen LogP contribution < -0.4 is 15.5 Å². The van der Waals surface area contributed by atoms with Gasteiger partial charge in [0.1, 0.15) is 16.9 Å². The molecule has 2 N–H and O–H groups in total. The Balaban J connectivity index is 1.29. The first-order valence-corrected chi connectivity index (χ1v) is 12.2. The molecule has 1 aliphatic carbocycles. The van der Waals surface area contributed by atoms with Crippen LogP contribution in [0.25, 0.3) is 16.6 Å². The van der Waals surface area contributed by atoms with E-state index >= 15 is 4.39 Å². The number of amides is 1. The zero-order chi connectivity index (χ0) is 24.3. The maximum absolute atomic E-state index is 15.5. The number of hydrogen-bond donors (Lipinski definition) is 2. The molecule has 0 radical (unpaired) electrons. The van der Waals surface area contributed by atoms with Gasteiger partial charge in [-0.3, -0.25) is 14.5 Å². The largest absolute Gasteiger partial charge is 0.371 e. The number of hydrogen-bond acceptors (Lipinski definition) is 6. The molecule has 4 aromatic rings. The first-order valence-electron chi connectivity index (χ1n) is 12.2. The molecule has 0 bridgehead atoms. The molecule has 0 unspecified atom stereocenters. The first-order chi connectivity index (χ1) is 16.9. The molecule has 4 heterocycles. The lowest BCUT2D eigenvalue weighted by molar-refractivity contribution is 0.102. The van der Waals surface area contributed by atoms with Crippen molar-refractivity contribution < 1.29 is 9.18 Å². The Kier molecular flexibility index (Phi) is 5.21. The number of halogens is 1. The third-order valence-corrected chi connectivity index (χ3v) is 6.92. The van der Waals surface area contributed by atoms with Crippen LogP contribution in [0.4, 0.5) is 15.9 Å². The monoisotopic (exact) mass is 476 g/mol.